The summed E-state index contributed by atoms with van der Waals surface area (Å²) in [7, 11) is 2.00. The zero-order valence-electron chi connectivity index (χ0n) is 14.6. The van der Waals surface area contributed by atoms with E-state index in [1.165, 1.54) is 12.1 Å². The molecule has 3 aromatic rings. The van der Waals surface area contributed by atoms with Crippen LogP contribution in [0.2, 0.25) is 0 Å². The molecular weight excluding hydrogens is 333 g/mol. The normalized spacial score (nSPS) is 13.5. The number of ether oxygens (including phenoxy) is 2. The summed E-state index contributed by atoms with van der Waals surface area (Å²) in [6.07, 6.45) is 3.87. The van der Waals surface area contributed by atoms with Gasteiger partial charge in [0.1, 0.15) is 11.6 Å². The van der Waals surface area contributed by atoms with Crippen LogP contribution in [0.3, 0.4) is 0 Å². The lowest BCUT2D eigenvalue weighted by atomic mass is 10.1. The summed E-state index contributed by atoms with van der Waals surface area (Å²) in [4.78, 5) is 2.11. The molecule has 0 bridgehead atoms. The molecule has 4 rings (SSSR count). The molecule has 0 saturated heterocycles. The van der Waals surface area contributed by atoms with Gasteiger partial charge in [-0.3, -0.25) is 4.90 Å². The summed E-state index contributed by atoms with van der Waals surface area (Å²) < 4.78 is 26.6. The van der Waals surface area contributed by atoms with Gasteiger partial charge in [-0.15, -0.1) is 0 Å². The van der Waals surface area contributed by atoms with Gasteiger partial charge in [-0.25, -0.2) is 9.07 Å². The van der Waals surface area contributed by atoms with Crippen LogP contribution in [0.15, 0.2) is 54.9 Å². The quantitative estimate of drug-likeness (QED) is 0.704. The van der Waals surface area contributed by atoms with Gasteiger partial charge in [0.15, 0.2) is 6.79 Å². The van der Waals surface area contributed by atoms with Crippen LogP contribution in [0.4, 0.5) is 4.39 Å². The first-order valence-corrected chi connectivity index (χ1v) is 8.48. The van der Waals surface area contributed by atoms with Crippen molar-refractivity contribution in [2.45, 2.75) is 19.7 Å². The first kappa shape index (κ1) is 16.8. The molecule has 26 heavy (non-hydrogen) atoms. The van der Waals surface area contributed by atoms with Crippen molar-refractivity contribution in [1.29, 1.82) is 0 Å². The molecule has 1 aliphatic heterocycles. The van der Waals surface area contributed by atoms with Crippen molar-refractivity contribution in [3.8, 4) is 11.4 Å². The Morgan fingerprint density at radius 2 is 2.04 bits per heavy atom. The van der Waals surface area contributed by atoms with E-state index in [1.807, 2.05) is 54.5 Å². The Morgan fingerprint density at radius 1 is 1.19 bits per heavy atom. The summed E-state index contributed by atoms with van der Waals surface area (Å²) in [5, 5.41) is 4.42. The second-order valence-electron chi connectivity index (χ2n) is 6.46. The Labute approximate surface area is 151 Å². The summed E-state index contributed by atoms with van der Waals surface area (Å²) in [6, 6.07) is 13.0. The molecule has 0 radical (unpaired) electrons. The number of aromatic nitrogens is 2. The number of nitrogens with zero attached hydrogens (tertiary/aromatic N) is 3. The molecule has 134 valence electrons. The van der Waals surface area contributed by atoms with Gasteiger partial charge in [0.25, 0.3) is 0 Å². The van der Waals surface area contributed by atoms with Crippen molar-refractivity contribution < 1.29 is 13.9 Å². The highest BCUT2D eigenvalue weighted by Crippen LogP contribution is 2.30. The lowest BCUT2D eigenvalue weighted by molar-refractivity contribution is -0.0176. The predicted molar refractivity (Wildman–Crippen MR) is 95.4 cm³/mol. The van der Waals surface area contributed by atoms with Crippen LogP contribution in [0.5, 0.6) is 5.75 Å². The van der Waals surface area contributed by atoms with Crippen molar-refractivity contribution in [2.24, 2.45) is 0 Å². The maximum Gasteiger partial charge on any atom is 0.189 e. The molecule has 0 spiro atoms. The van der Waals surface area contributed by atoms with Crippen LogP contribution in [0.25, 0.3) is 5.69 Å². The lowest BCUT2D eigenvalue weighted by Gasteiger charge is -2.23. The van der Waals surface area contributed by atoms with E-state index in [2.05, 4.69) is 10.00 Å². The summed E-state index contributed by atoms with van der Waals surface area (Å²) >= 11 is 0. The Hall–Kier alpha value is -2.70. The van der Waals surface area contributed by atoms with Crippen LogP contribution in [-0.2, 0) is 24.4 Å². The Morgan fingerprint density at radius 3 is 2.88 bits per heavy atom. The molecule has 2 aromatic carbocycles. The number of benzene rings is 2. The number of halogens is 1. The molecule has 1 aromatic heterocycles. The molecule has 0 atom stereocenters. The van der Waals surface area contributed by atoms with Gasteiger partial charge in [-0.05, 0) is 31.3 Å². The maximum atomic E-state index is 13.9. The molecule has 0 fully saturated rings. The van der Waals surface area contributed by atoms with Gasteiger partial charge < -0.3 is 9.47 Å². The van der Waals surface area contributed by atoms with E-state index in [9.17, 15) is 4.39 Å². The smallest absolute Gasteiger partial charge is 0.189 e. The zero-order chi connectivity index (χ0) is 17.9. The third kappa shape index (κ3) is 3.61. The lowest BCUT2D eigenvalue weighted by Crippen LogP contribution is -2.20. The molecule has 0 amide bonds. The highest BCUT2D eigenvalue weighted by molar-refractivity contribution is 5.42. The fourth-order valence-electron chi connectivity index (χ4n) is 3.20. The molecule has 1 aliphatic rings. The predicted octanol–water partition coefficient (Wildman–Crippen LogP) is 3.51. The standard InChI is InChI=1S/C20H20FN3O2/c1-23(10-15-9-22-24(11-15)19-5-3-2-4-6-19)12-16-7-18(21)8-17-13-25-14-26-20(16)17/h2-9,11H,10,12-14H2,1H3. The summed E-state index contributed by atoms with van der Waals surface area (Å²) in [6.45, 7) is 1.87. The van der Waals surface area contributed by atoms with Crippen LogP contribution in [-0.4, -0.2) is 28.5 Å². The van der Waals surface area contributed by atoms with Gasteiger partial charge in [0.05, 0.1) is 18.5 Å². The van der Waals surface area contributed by atoms with Crippen molar-refractivity contribution in [3.05, 3.63) is 77.4 Å². The Balaban J connectivity index is 1.47. The number of hydrogen-bond donors (Lipinski definition) is 0. The van der Waals surface area contributed by atoms with Gasteiger partial charge in [0, 0.05) is 36.0 Å². The number of hydrogen-bond acceptors (Lipinski definition) is 4. The number of fused-ring (bicyclic) bond motifs is 1. The van der Waals surface area contributed by atoms with Crippen molar-refractivity contribution in [3.63, 3.8) is 0 Å². The minimum absolute atomic E-state index is 0.208. The van der Waals surface area contributed by atoms with E-state index in [0.717, 1.165) is 28.1 Å². The highest BCUT2D eigenvalue weighted by Gasteiger charge is 2.18. The monoisotopic (exact) mass is 353 g/mol. The van der Waals surface area contributed by atoms with Crippen LogP contribution >= 0.6 is 0 Å². The third-order valence-electron chi connectivity index (χ3n) is 4.30. The third-order valence-corrected chi connectivity index (χ3v) is 4.30. The maximum absolute atomic E-state index is 13.9. The Kier molecular flexibility index (Phi) is 4.69. The van der Waals surface area contributed by atoms with E-state index in [-0.39, 0.29) is 12.6 Å². The molecule has 6 heteroatoms. The molecule has 0 aliphatic carbocycles. The van der Waals surface area contributed by atoms with E-state index in [1.54, 1.807) is 0 Å². The molecular formula is C20H20FN3O2. The van der Waals surface area contributed by atoms with Gasteiger partial charge in [-0.1, -0.05) is 18.2 Å². The average molecular weight is 353 g/mol. The van der Waals surface area contributed by atoms with E-state index in [0.29, 0.717) is 19.7 Å². The summed E-state index contributed by atoms with van der Waals surface area (Å²) in [5.41, 5.74) is 3.71. The number of rotatable bonds is 5. The SMILES string of the molecule is CN(Cc1cnn(-c2ccccc2)c1)Cc1cc(F)cc2c1OCOC2. The van der Waals surface area contributed by atoms with E-state index < -0.39 is 0 Å². The topological polar surface area (TPSA) is 39.5 Å². The van der Waals surface area contributed by atoms with Crippen LogP contribution in [0.1, 0.15) is 16.7 Å². The van der Waals surface area contributed by atoms with Crippen LogP contribution < -0.4 is 4.74 Å². The van der Waals surface area contributed by atoms with Crippen molar-refractivity contribution in [1.82, 2.24) is 14.7 Å². The van der Waals surface area contributed by atoms with Crippen LogP contribution in [0, 0.1) is 5.82 Å². The fourth-order valence-corrected chi connectivity index (χ4v) is 3.20. The second kappa shape index (κ2) is 7.27. The highest BCUT2D eigenvalue weighted by atomic mass is 19.1. The minimum atomic E-state index is -0.266. The summed E-state index contributed by atoms with van der Waals surface area (Å²) in [5.74, 6) is 0.475. The first-order chi connectivity index (χ1) is 12.7. The largest absolute Gasteiger partial charge is 0.467 e. The van der Waals surface area contributed by atoms with E-state index >= 15 is 0 Å². The number of para-hydroxylation sites is 1. The van der Waals surface area contributed by atoms with Crippen molar-refractivity contribution >= 4 is 0 Å². The first-order valence-electron chi connectivity index (χ1n) is 8.48. The van der Waals surface area contributed by atoms with Gasteiger partial charge in [-0.2, -0.15) is 5.10 Å². The molecule has 0 unspecified atom stereocenters. The van der Waals surface area contributed by atoms with Crippen molar-refractivity contribution in [2.75, 3.05) is 13.8 Å². The van der Waals surface area contributed by atoms with Gasteiger partial charge >= 0.3 is 0 Å². The zero-order valence-corrected chi connectivity index (χ0v) is 14.6. The Bertz CT molecular complexity index is 895. The minimum Gasteiger partial charge on any atom is -0.467 e. The molecule has 0 saturated carbocycles. The van der Waals surface area contributed by atoms with Gasteiger partial charge in [0.2, 0.25) is 0 Å². The second-order valence-corrected chi connectivity index (χ2v) is 6.46. The fraction of sp³-hybridized carbons (Fsp3) is 0.250. The molecule has 2 heterocycles. The molecule has 5 nitrogen and oxygen atoms in total. The molecule has 0 N–H and O–H groups in total. The van der Waals surface area contributed by atoms with E-state index in [4.69, 9.17) is 9.47 Å². The average Bonchev–Trinajstić information content (AvgIpc) is 3.10.